The van der Waals surface area contributed by atoms with E-state index >= 15 is 0 Å². The molecule has 1 saturated carbocycles. The van der Waals surface area contributed by atoms with Crippen molar-refractivity contribution in [2.24, 2.45) is 0 Å². The fourth-order valence-corrected chi connectivity index (χ4v) is 3.88. The zero-order chi connectivity index (χ0) is 17.8. The zero-order valence-corrected chi connectivity index (χ0v) is 15.7. The number of aromatic nitrogens is 1. The molecule has 0 bridgehead atoms. The largest absolute Gasteiger partial charge is 0.375 e. The average molecular weight is 361 g/mol. The molecule has 1 aliphatic rings. The highest BCUT2D eigenvalue weighted by molar-refractivity contribution is 6.30. The standard InChI is InChI=1S/C20H25ClN2O2/c1-14-7-6-8-15-11-16(20(21)22-19(14)15)12-23(18(24)13-25-2)17-9-4-3-5-10-17/h6-8,11,17H,3-5,9-10,12-13H2,1-2H3. The SMILES string of the molecule is COCC(=O)N(Cc1cc2cccc(C)c2nc1Cl)C1CCCCC1. The van der Waals surface area contributed by atoms with E-state index in [1.807, 2.05) is 30.0 Å². The molecule has 1 amide bonds. The Morgan fingerprint density at radius 1 is 1.32 bits per heavy atom. The van der Waals surface area contributed by atoms with Gasteiger partial charge in [0, 0.05) is 30.6 Å². The number of rotatable bonds is 5. The van der Waals surface area contributed by atoms with E-state index < -0.39 is 0 Å². The molecule has 1 aromatic heterocycles. The molecule has 0 spiro atoms. The van der Waals surface area contributed by atoms with Gasteiger partial charge in [-0.3, -0.25) is 4.79 Å². The normalized spacial score (nSPS) is 15.5. The zero-order valence-electron chi connectivity index (χ0n) is 14.9. The first-order chi connectivity index (χ1) is 12.1. The van der Waals surface area contributed by atoms with Crippen molar-refractivity contribution in [2.45, 2.75) is 51.6 Å². The number of hydrogen-bond donors (Lipinski definition) is 0. The predicted octanol–water partition coefficient (Wildman–Crippen LogP) is 4.50. The molecule has 0 atom stereocenters. The average Bonchev–Trinajstić information content (AvgIpc) is 2.61. The molecule has 1 aliphatic carbocycles. The molecule has 4 nitrogen and oxygen atoms in total. The molecule has 0 N–H and O–H groups in total. The van der Waals surface area contributed by atoms with Gasteiger partial charge >= 0.3 is 0 Å². The third-order valence-electron chi connectivity index (χ3n) is 5.02. The van der Waals surface area contributed by atoms with Crippen molar-refractivity contribution in [3.63, 3.8) is 0 Å². The Hall–Kier alpha value is -1.65. The Bertz CT molecular complexity index is 757. The second-order valence-electron chi connectivity index (χ2n) is 6.83. The number of pyridine rings is 1. The number of carbonyl (C=O) groups excluding carboxylic acids is 1. The third kappa shape index (κ3) is 4.13. The number of aryl methyl sites for hydroxylation is 1. The molecule has 1 fully saturated rings. The summed E-state index contributed by atoms with van der Waals surface area (Å²) in [5, 5.41) is 1.54. The van der Waals surface area contributed by atoms with Crippen molar-refractivity contribution in [1.82, 2.24) is 9.88 Å². The number of ether oxygens (including phenoxy) is 1. The molecule has 1 aromatic carbocycles. The fourth-order valence-electron chi connectivity index (χ4n) is 3.68. The number of amides is 1. The second kappa shape index (κ2) is 8.15. The molecule has 5 heteroatoms. The van der Waals surface area contributed by atoms with E-state index in [2.05, 4.69) is 11.1 Å². The minimum atomic E-state index is 0.0230. The van der Waals surface area contributed by atoms with Crippen LogP contribution in [0.5, 0.6) is 0 Å². The van der Waals surface area contributed by atoms with Crippen LogP contribution in [0, 0.1) is 6.92 Å². The molecule has 0 aliphatic heterocycles. The molecule has 0 saturated heterocycles. The topological polar surface area (TPSA) is 42.4 Å². The van der Waals surface area contributed by atoms with Crippen LogP contribution in [0.1, 0.15) is 43.2 Å². The Kier molecular flexibility index (Phi) is 5.92. The number of nitrogens with zero attached hydrogens (tertiary/aromatic N) is 2. The Morgan fingerprint density at radius 2 is 2.08 bits per heavy atom. The number of carbonyl (C=O) groups is 1. The van der Waals surface area contributed by atoms with Gasteiger partial charge in [0.1, 0.15) is 11.8 Å². The van der Waals surface area contributed by atoms with E-state index in [1.165, 1.54) is 19.3 Å². The lowest BCUT2D eigenvalue weighted by molar-refractivity contribution is -0.139. The quantitative estimate of drug-likeness (QED) is 0.737. The smallest absolute Gasteiger partial charge is 0.249 e. The van der Waals surface area contributed by atoms with Gasteiger partial charge in [0.25, 0.3) is 0 Å². The minimum Gasteiger partial charge on any atom is -0.375 e. The van der Waals surface area contributed by atoms with E-state index in [4.69, 9.17) is 16.3 Å². The second-order valence-corrected chi connectivity index (χ2v) is 7.19. The van der Waals surface area contributed by atoms with Crippen LogP contribution in [0.15, 0.2) is 24.3 Å². The summed E-state index contributed by atoms with van der Waals surface area (Å²) >= 11 is 6.46. The minimum absolute atomic E-state index is 0.0230. The van der Waals surface area contributed by atoms with Crippen molar-refractivity contribution in [2.75, 3.05) is 13.7 Å². The highest BCUT2D eigenvalue weighted by atomic mass is 35.5. The van der Waals surface area contributed by atoms with Gasteiger partial charge in [-0.2, -0.15) is 0 Å². The lowest BCUT2D eigenvalue weighted by Gasteiger charge is -2.34. The Labute approximate surface area is 154 Å². The first kappa shape index (κ1) is 18.2. The summed E-state index contributed by atoms with van der Waals surface area (Å²) in [6, 6.07) is 8.42. The van der Waals surface area contributed by atoms with Gasteiger partial charge in [0.05, 0.1) is 5.52 Å². The molecule has 3 rings (SSSR count). The first-order valence-electron chi connectivity index (χ1n) is 8.93. The lowest BCUT2D eigenvalue weighted by atomic mass is 9.93. The summed E-state index contributed by atoms with van der Waals surface area (Å²) in [6.45, 7) is 2.62. The maximum atomic E-state index is 12.6. The van der Waals surface area contributed by atoms with Crippen LogP contribution in [0.25, 0.3) is 10.9 Å². The van der Waals surface area contributed by atoms with Crippen LogP contribution < -0.4 is 0 Å². The highest BCUT2D eigenvalue weighted by Crippen LogP contribution is 2.28. The summed E-state index contributed by atoms with van der Waals surface area (Å²) in [6.07, 6.45) is 5.69. The van der Waals surface area contributed by atoms with Crippen molar-refractivity contribution < 1.29 is 9.53 Å². The van der Waals surface area contributed by atoms with Crippen LogP contribution in [-0.2, 0) is 16.1 Å². The molecule has 134 valence electrons. The van der Waals surface area contributed by atoms with Gasteiger partial charge in [0.15, 0.2) is 0 Å². The molecule has 0 radical (unpaired) electrons. The van der Waals surface area contributed by atoms with E-state index in [0.717, 1.165) is 34.9 Å². The number of fused-ring (bicyclic) bond motifs is 1. The molecule has 2 aromatic rings. The third-order valence-corrected chi connectivity index (χ3v) is 5.35. The maximum Gasteiger partial charge on any atom is 0.249 e. The number of hydrogen-bond acceptors (Lipinski definition) is 3. The number of methoxy groups -OCH3 is 1. The van der Waals surface area contributed by atoms with Gasteiger partial charge < -0.3 is 9.64 Å². The molecule has 1 heterocycles. The van der Waals surface area contributed by atoms with E-state index in [1.54, 1.807) is 7.11 Å². The van der Waals surface area contributed by atoms with Crippen molar-refractivity contribution in [1.29, 1.82) is 0 Å². The summed E-state index contributed by atoms with van der Waals surface area (Å²) in [4.78, 5) is 19.1. The van der Waals surface area contributed by atoms with E-state index in [0.29, 0.717) is 11.7 Å². The summed E-state index contributed by atoms with van der Waals surface area (Å²) in [7, 11) is 1.56. The summed E-state index contributed by atoms with van der Waals surface area (Å²) in [5.74, 6) is 0.0230. The first-order valence-corrected chi connectivity index (χ1v) is 9.31. The van der Waals surface area contributed by atoms with Gasteiger partial charge in [-0.1, -0.05) is 49.1 Å². The monoisotopic (exact) mass is 360 g/mol. The molecular weight excluding hydrogens is 336 g/mol. The Balaban J connectivity index is 1.91. The van der Waals surface area contributed by atoms with Crippen LogP contribution in [0.4, 0.5) is 0 Å². The number of benzene rings is 1. The van der Waals surface area contributed by atoms with Crippen LogP contribution >= 0.6 is 11.6 Å². The molecule has 25 heavy (non-hydrogen) atoms. The number of halogens is 1. The highest BCUT2D eigenvalue weighted by Gasteiger charge is 2.26. The van der Waals surface area contributed by atoms with Crippen LogP contribution in [-0.4, -0.2) is 35.5 Å². The van der Waals surface area contributed by atoms with Crippen LogP contribution in [0.3, 0.4) is 0 Å². The van der Waals surface area contributed by atoms with Crippen molar-refractivity contribution in [3.8, 4) is 0 Å². The van der Waals surface area contributed by atoms with Crippen LogP contribution in [0.2, 0.25) is 5.15 Å². The fraction of sp³-hybridized carbons (Fsp3) is 0.500. The molecular formula is C20H25ClN2O2. The maximum absolute atomic E-state index is 12.6. The van der Waals surface area contributed by atoms with Gasteiger partial charge in [-0.25, -0.2) is 4.98 Å². The van der Waals surface area contributed by atoms with Crippen molar-refractivity contribution in [3.05, 3.63) is 40.5 Å². The van der Waals surface area contributed by atoms with Crippen molar-refractivity contribution >= 4 is 28.4 Å². The summed E-state index contributed by atoms with van der Waals surface area (Å²) in [5.41, 5.74) is 2.92. The lowest BCUT2D eigenvalue weighted by Crippen LogP contribution is -2.42. The predicted molar refractivity (Wildman–Crippen MR) is 101 cm³/mol. The number of para-hydroxylation sites is 1. The van der Waals surface area contributed by atoms with Gasteiger partial charge in [0.2, 0.25) is 5.91 Å². The Morgan fingerprint density at radius 3 is 2.80 bits per heavy atom. The van der Waals surface area contributed by atoms with Gasteiger partial charge in [-0.05, 0) is 31.4 Å². The van der Waals surface area contributed by atoms with E-state index in [-0.39, 0.29) is 18.6 Å². The van der Waals surface area contributed by atoms with E-state index in [9.17, 15) is 4.79 Å². The molecule has 0 unspecified atom stereocenters. The van der Waals surface area contributed by atoms with Gasteiger partial charge in [-0.15, -0.1) is 0 Å². The summed E-state index contributed by atoms with van der Waals surface area (Å²) < 4.78 is 5.09.